The lowest BCUT2D eigenvalue weighted by Gasteiger charge is -2.22. The first kappa shape index (κ1) is 23.9. The second-order valence-corrected chi connectivity index (χ2v) is 10.2. The number of fused-ring (bicyclic) bond motifs is 1. The van der Waals surface area contributed by atoms with Crippen molar-refractivity contribution in [3.05, 3.63) is 47.7 Å². The van der Waals surface area contributed by atoms with Crippen molar-refractivity contribution in [2.24, 2.45) is 5.92 Å². The third-order valence-corrected chi connectivity index (χ3v) is 7.16. The number of unbranched alkanes of at least 4 members (excludes halogenated alkanes) is 1. The largest absolute Gasteiger partial charge is 0.381 e. The summed E-state index contributed by atoms with van der Waals surface area (Å²) in [6.45, 7) is 6.44. The van der Waals surface area contributed by atoms with Crippen molar-refractivity contribution in [1.82, 2.24) is 25.0 Å². The van der Waals surface area contributed by atoms with Crippen LogP contribution in [0.5, 0.6) is 0 Å². The van der Waals surface area contributed by atoms with Gasteiger partial charge in [0.2, 0.25) is 0 Å². The Bertz CT molecular complexity index is 1160. The molecule has 0 atom stereocenters. The number of amides is 1. The molecule has 1 N–H and O–H groups in total. The SMILES string of the molecule is CCCCN(C)Cc1cccc(-c2cc(C(=O)NCC3CCOCC3)c3cnn(C4CC4)c3n2)c1. The average Bonchev–Trinajstić information content (AvgIpc) is 3.64. The predicted molar refractivity (Wildman–Crippen MR) is 138 cm³/mol. The minimum absolute atomic E-state index is 0.0454. The molecule has 186 valence electrons. The Morgan fingerprint density at radius 1 is 1.20 bits per heavy atom. The van der Waals surface area contributed by atoms with Gasteiger partial charge in [-0.1, -0.05) is 31.5 Å². The van der Waals surface area contributed by atoms with E-state index in [1.165, 1.54) is 18.4 Å². The molecule has 5 rings (SSSR count). The number of rotatable bonds is 10. The molecule has 7 nitrogen and oxygen atoms in total. The lowest BCUT2D eigenvalue weighted by Crippen LogP contribution is -2.32. The van der Waals surface area contributed by atoms with Crippen LogP contribution in [-0.2, 0) is 11.3 Å². The van der Waals surface area contributed by atoms with Crippen LogP contribution in [0, 0.1) is 5.92 Å². The average molecular weight is 476 g/mol. The van der Waals surface area contributed by atoms with Crippen molar-refractivity contribution < 1.29 is 9.53 Å². The van der Waals surface area contributed by atoms with Gasteiger partial charge < -0.3 is 15.0 Å². The number of carbonyl (C=O) groups excluding carboxylic acids is 1. The highest BCUT2D eigenvalue weighted by Gasteiger charge is 2.28. The molecular formula is C28H37N5O2. The molecule has 1 amide bonds. The summed E-state index contributed by atoms with van der Waals surface area (Å²) < 4.78 is 7.47. The zero-order valence-corrected chi connectivity index (χ0v) is 21.0. The second kappa shape index (κ2) is 10.9. The van der Waals surface area contributed by atoms with Gasteiger partial charge in [0.05, 0.1) is 28.9 Å². The van der Waals surface area contributed by atoms with Crippen molar-refractivity contribution in [1.29, 1.82) is 0 Å². The van der Waals surface area contributed by atoms with Gasteiger partial charge in [-0.3, -0.25) is 4.79 Å². The Morgan fingerprint density at radius 3 is 2.80 bits per heavy atom. The highest BCUT2D eigenvalue weighted by atomic mass is 16.5. The predicted octanol–water partition coefficient (Wildman–Crippen LogP) is 4.82. The standard InChI is InChI=1S/C28H37N5O2/c1-3-4-12-32(2)19-21-6-5-7-22(15-21)26-16-24(28(34)29-17-20-10-13-35-14-11-20)25-18-30-33(23-8-9-23)27(25)31-26/h5-7,15-16,18,20,23H,3-4,8-14,17,19H2,1-2H3,(H,29,34). The summed E-state index contributed by atoms with van der Waals surface area (Å²) in [4.78, 5) is 20.8. The number of nitrogens with zero attached hydrogens (tertiary/aromatic N) is 4. The molecule has 3 heterocycles. The maximum atomic E-state index is 13.4. The molecule has 0 spiro atoms. The maximum Gasteiger partial charge on any atom is 0.252 e. The lowest BCUT2D eigenvalue weighted by molar-refractivity contribution is 0.0643. The Morgan fingerprint density at radius 2 is 2.03 bits per heavy atom. The van der Waals surface area contributed by atoms with Gasteiger partial charge in [0.15, 0.2) is 5.65 Å². The zero-order chi connectivity index (χ0) is 24.2. The summed E-state index contributed by atoms with van der Waals surface area (Å²) in [7, 11) is 2.17. The zero-order valence-electron chi connectivity index (χ0n) is 21.0. The first-order valence-electron chi connectivity index (χ1n) is 13.1. The second-order valence-electron chi connectivity index (χ2n) is 10.2. The van der Waals surface area contributed by atoms with Crippen molar-refractivity contribution in [3.63, 3.8) is 0 Å². The number of hydrogen-bond acceptors (Lipinski definition) is 5. The van der Waals surface area contributed by atoms with Crippen LogP contribution in [0.25, 0.3) is 22.3 Å². The molecule has 1 aliphatic carbocycles. The van der Waals surface area contributed by atoms with E-state index in [0.29, 0.717) is 24.1 Å². The van der Waals surface area contributed by atoms with Gasteiger partial charge in [0, 0.05) is 31.9 Å². The summed E-state index contributed by atoms with van der Waals surface area (Å²) in [5.74, 6) is 0.427. The summed E-state index contributed by atoms with van der Waals surface area (Å²) in [6.07, 6.45) is 8.44. The number of carbonyl (C=O) groups is 1. The van der Waals surface area contributed by atoms with Gasteiger partial charge in [-0.05, 0) is 69.3 Å². The normalized spacial score (nSPS) is 16.8. The molecule has 2 aromatic heterocycles. The third kappa shape index (κ3) is 5.73. The van der Waals surface area contributed by atoms with Crippen LogP contribution < -0.4 is 5.32 Å². The number of benzene rings is 1. The van der Waals surface area contributed by atoms with E-state index in [2.05, 4.69) is 53.6 Å². The van der Waals surface area contributed by atoms with Crippen LogP contribution in [0.15, 0.2) is 36.5 Å². The number of aromatic nitrogens is 3. The summed E-state index contributed by atoms with van der Waals surface area (Å²) >= 11 is 0. The molecule has 3 aromatic rings. The van der Waals surface area contributed by atoms with Gasteiger partial charge in [0.25, 0.3) is 5.91 Å². The lowest BCUT2D eigenvalue weighted by atomic mass is 10.00. The summed E-state index contributed by atoms with van der Waals surface area (Å²) in [5.41, 5.74) is 4.59. The van der Waals surface area contributed by atoms with Gasteiger partial charge in [-0.2, -0.15) is 5.10 Å². The van der Waals surface area contributed by atoms with Crippen molar-refractivity contribution in [2.75, 3.05) is 33.4 Å². The topological polar surface area (TPSA) is 72.3 Å². The number of ether oxygens (including phenoxy) is 1. The minimum Gasteiger partial charge on any atom is -0.381 e. The first-order chi connectivity index (χ1) is 17.1. The molecule has 0 bridgehead atoms. The van der Waals surface area contributed by atoms with E-state index in [9.17, 15) is 4.79 Å². The molecule has 2 fully saturated rings. The molecule has 1 saturated carbocycles. The fraction of sp³-hybridized carbons (Fsp3) is 0.536. The number of nitrogens with one attached hydrogen (secondary N) is 1. The van der Waals surface area contributed by atoms with Crippen LogP contribution in [0.2, 0.25) is 0 Å². The van der Waals surface area contributed by atoms with Crippen LogP contribution in [0.1, 0.15) is 67.4 Å². The fourth-order valence-electron chi connectivity index (χ4n) is 4.87. The van der Waals surface area contributed by atoms with Crippen LogP contribution in [0.4, 0.5) is 0 Å². The van der Waals surface area contributed by atoms with E-state index in [-0.39, 0.29) is 5.91 Å². The third-order valence-electron chi connectivity index (χ3n) is 7.16. The Kier molecular flexibility index (Phi) is 7.44. The van der Waals surface area contributed by atoms with E-state index in [1.54, 1.807) is 0 Å². The smallest absolute Gasteiger partial charge is 0.252 e. The van der Waals surface area contributed by atoms with Gasteiger partial charge in [0.1, 0.15) is 0 Å². The van der Waals surface area contributed by atoms with Crippen LogP contribution in [-0.4, -0.2) is 58.9 Å². The van der Waals surface area contributed by atoms with Crippen molar-refractivity contribution in [3.8, 4) is 11.3 Å². The van der Waals surface area contributed by atoms with Gasteiger partial charge in [-0.15, -0.1) is 0 Å². The van der Waals surface area contributed by atoms with Crippen molar-refractivity contribution >= 4 is 16.9 Å². The molecule has 0 radical (unpaired) electrons. The van der Waals surface area contributed by atoms with E-state index in [0.717, 1.165) is 74.3 Å². The number of pyridine rings is 1. The Balaban J connectivity index is 1.44. The quantitative estimate of drug-likeness (QED) is 0.455. The molecule has 1 aliphatic heterocycles. The molecule has 0 unspecified atom stereocenters. The summed E-state index contributed by atoms with van der Waals surface area (Å²) in [5, 5.41) is 8.64. The molecule has 2 aliphatic rings. The number of hydrogen-bond donors (Lipinski definition) is 1. The highest BCUT2D eigenvalue weighted by Crippen LogP contribution is 2.37. The van der Waals surface area contributed by atoms with Gasteiger partial charge in [-0.25, -0.2) is 9.67 Å². The van der Waals surface area contributed by atoms with Gasteiger partial charge >= 0.3 is 0 Å². The van der Waals surface area contributed by atoms with E-state index >= 15 is 0 Å². The molecule has 1 aromatic carbocycles. The fourth-order valence-corrected chi connectivity index (χ4v) is 4.87. The first-order valence-corrected chi connectivity index (χ1v) is 13.1. The van der Waals surface area contributed by atoms with E-state index < -0.39 is 0 Å². The van der Waals surface area contributed by atoms with Crippen molar-refractivity contribution in [2.45, 2.75) is 58.0 Å². The molecule has 1 saturated heterocycles. The molecular weight excluding hydrogens is 438 g/mol. The monoisotopic (exact) mass is 475 g/mol. The molecule has 35 heavy (non-hydrogen) atoms. The summed E-state index contributed by atoms with van der Waals surface area (Å²) in [6, 6.07) is 10.9. The maximum absolute atomic E-state index is 13.4. The Hall–Kier alpha value is -2.77. The van der Waals surface area contributed by atoms with Crippen LogP contribution >= 0.6 is 0 Å². The Labute approximate surface area is 207 Å². The highest BCUT2D eigenvalue weighted by molar-refractivity contribution is 6.06. The molecule has 7 heteroatoms. The van der Waals surface area contributed by atoms with Crippen LogP contribution in [0.3, 0.4) is 0 Å². The minimum atomic E-state index is -0.0454. The van der Waals surface area contributed by atoms with E-state index in [1.807, 2.05) is 16.9 Å². The van der Waals surface area contributed by atoms with E-state index in [4.69, 9.17) is 9.72 Å².